The van der Waals surface area contributed by atoms with Gasteiger partial charge >= 0.3 is 13.8 Å². The fourth-order valence-electron chi connectivity index (χ4n) is 3.67. The summed E-state index contributed by atoms with van der Waals surface area (Å²) in [4.78, 5) is 20.8. The van der Waals surface area contributed by atoms with Crippen LogP contribution < -0.4 is 5.73 Å². The van der Waals surface area contributed by atoms with E-state index in [2.05, 4.69) is 35.8 Å². The van der Waals surface area contributed by atoms with E-state index in [0.717, 1.165) is 19.3 Å². The van der Waals surface area contributed by atoms with Crippen molar-refractivity contribution in [1.29, 1.82) is 0 Å². The Bertz CT molecular complexity index is 628. The molecule has 0 aromatic heterocycles. The van der Waals surface area contributed by atoms with Gasteiger partial charge in [0.25, 0.3) is 0 Å². The van der Waals surface area contributed by atoms with Crippen LogP contribution in [0, 0.1) is 0 Å². The van der Waals surface area contributed by atoms with Crippen LogP contribution in [0.25, 0.3) is 0 Å². The van der Waals surface area contributed by atoms with Crippen molar-refractivity contribution in [3.05, 3.63) is 24.3 Å². The molecular weight excluding hydrogens is 493 g/mol. The van der Waals surface area contributed by atoms with Gasteiger partial charge in [0.05, 0.1) is 19.8 Å². The van der Waals surface area contributed by atoms with E-state index in [1.807, 2.05) is 0 Å². The lowest BCUT2D eigenvalue weighted by Crippen LogP contribution is -2.27. The zero-order valence-corrected chi connectivity index (χ0v) is 24.3. The number of phosphoric acid groups is 1. The molecule has 2 unspecified atom stereocenters. The number of allylic oxidation sites excluding steroid dienone is 4. The van der Waals surface area contributed by atoms with Gasteiger partial charge in [-0.3, -0.25) is 13.8 Å². The Balaban J connectivity index is 3.61. The van der Waals surface area contributed by atoms with E-state index in [1.54, 1.807) is 0 Å². The van der Waals surface area contributed by atoms with E-state index in [0.29, 0.717) is 6.61 Å². The number of nitrogens with two attached hydrogens (primary N) is 1. The molecule has 0 amide bonds. The van der Waals surface area contributed by atoms with E-state index < -0.39 is 19.9 Å². The van der Waals surface area contributed by atoms with Gasteiger partial charge in [-0.2, -0.15) is 0 Å². The monoisotopic (exact) mass is 547 g/mol. The van der Waals surface area contributed by atoms with Crippen LogP contribution in [-0.4, -0.2) is 49.9 Å². The Labute approximate surface area is 226 Å². The lowest BCUT2D eigenvalue weighted by atomic mass is 10.1. The third kappa shape index (κ3) is 27.8. The topological polar surface area (TPSA) is 117 Å². The normalized spacial score (nSPS) is 14.4. The van der Waals surface area contributed by atoms with Crippen LogP contribution in [0.4, 0.5) is 0 Å². The summed E-state index contributed by atoms with van der Waals surface area (Å²) in [6.07, 6.45) is 26.8. The van der Waals surface area contributed by atoms with Crippen molar-refractivity contribution in [1.82, 2.24) is 0 Å². The third-order valence-corrected chi connectivity index (χ3v) is 6.66. The van der Waals surface area contributed by atoms with Crippen LogP contribution in [0.3, 0.4) is 0 Å². The lowest BCUT2D eigenvalue weighted by Gasteiger charge is -2.19. The van der Waals surface area contributed by atoms with Crippen molar-refractivity contribution in [2.24, 2.45) is 5.73 Å². The summed E-state index contributed by atoms with van der Waals surface area (Å²) in [5.74, 6) is -0.510. The number of hydrogen-bond donors (Lipinski definition) is 2. The standard InChI is InChI=1S/C28H54NO7P/c1-3-4-5-6-7-8-9-10-11-12-13-14-15-16-17-18-19-20-21-23-33-25-28(36-27(2)30)26-35-37(31,32)34-24-22-29/h8-9,11-12,28H,3-7,10,13-26,29H2,1-2H3,(H,31,32)/b9-8-,12-11-. The maximum atomic E-state index is 11.7. The van der Waals surface area contributed by atoms with Gasteiger partial charge in [0, 0.05) is 20.1 Å². The number of ether oxygens (including phenoxy) is 2. The van der Waals surface area contributed by atoms with E-state index >= 15 is 0 Å². The SMILES string of the molecule is CCCCCC/C=C\C/C=C\CCCCCCCCCCOCC(COP(=O)(O)OCCN)OC(C)=O. The minimum absolute atomic E-state index is 0.0968. The van der Waals surface area contributed by atoms with Gasteiger partial charge < -0.3 is 20.1 Å². The summed E-state index contributed by atoms with van der Waals surface area (Å²) >= 11 is 0. The first-order chi connectivity index (χ1) is 17.9. The summed E-state index contributed by atoms with van der Waals surface area (Å²) in [5, 5.41) is 0. The minimum atomic E-state index is -4.22. The van der Waals surface area contributed by atoms with Crippen molar-refractivity contribution in [2.45, 2.75) is 116 Å². The summed E-state index contributed by atoms with van der Waals surface area (Å²) in [7, 11) is -4.22. The zero-order chi connectivity index (χ0) is 27.5. The Morgan fingerprint density at radius 1 is 0.811 bits per heavy atom. The molecule has 37 heavy (non-hydrogen) atoms. The van der Waals surface area contributed by atoms with Crippen LogP contribution in [-0.2, 0) is 27.9 Å². The van der Waals surface area contributed by atoms with Crippen molar-refractivity contribution in [2.75, 3.05) is 33.0 Å². The summed E-state index contributed by atoms with van der Waals surface area (Å²) in [5.41, 5.74) is 5.24. The first-order valence-corrected chi connectivity index (χ1v) is 15.8. The number of carbonyl (C=O) groups excluding carboxylic acids is 1. The van der Waals surface area contributed by atoms with Gasteiger partial charge in [0.15, 0.2) is 0 Å². The molecule has 0 aromatic carbocycles. The van der Waals surface area contributed by atoms with Crippen LogP contribution in [0.15, 0.2) is 24.3 Å². The smallest absolute Gasteiger partial charge is 0.458 e. The van der Waals surface area contributed by atoms with Crippen LogP contribution in [0.1, 0.15) is 110 Å². The molecule has 8 nitrogen and oxygen atoms in total. The molecule has 2 atom stereocenters. The predicted molar refractivity (Wildman–Crippen MR) is 150 cm³/mol. The lowest BCUT2D eigenvalue weighted by molar-refractivity contribution is -0.151. The molecular formula is C28H54NO7P. The van der Waals surface area contributed by atoms with Gasteiger partial charge in [0.1, 0.15) is 6.10 Å². The van der Waals surface area contributed by atoms with E-state index in [4.69, 9.17) is 19.7 Å². The fourth-order valence-corrected chi connectivity index (χ4v) is 4.44. The molecule has 0 aliphatic heterocycles. The van der Waals surface area contributed by atoms with Gasteiger partial charge in [0.2, 0.25) is 0 Å². The molecule has 0 aliphatic carbocycles. The number of carbonyl (C=O) groups is 1. The average molecular weight is 548 g/mol. The Kier molecular flexibility index (Phi) is 25.8. The molecule has 0 aliphatic rings. The molecule has 0 rings (SSSR count). The molecule has 0 saturated carbocycles. The predicted octanol–water partition coefficient (Wildman–Crippen LogP) is 7.01. The second-order valence-corrected chi connectivity index (χ2v) is 10.8. The number of hydrogen-bond acceptors (Lipinski definition) is 7. The fraction of sp³-hybridized carbons (Fsp3) is 0.821. The van der Waals surface area contributed by atoms with E-state index in [-0.39, 0.29) is 26.4 Å². The van der Waals surface area contributed by atoms with Crippen LogP contribution >= 0.6 is 7.82 Å². The molecule has 0 spiro atoms. The molecule has 0 radical (unpaired) electrons. The number of esters is 1. The molecule has 3 N–H and O–H groups in total. The molecule has 0 aromatic rings. The molecule has 0 saturated heterocycles. The molecule has 218 valence electrons. The quantitative estimate of drug-likeness (QED) is 0.0488. The van der Waals surface area contributed by atoms with Gasteiger partial charge in [-0.15, -0.1) is 0 Å². The average Bonchev–Trinajstić information content (AvgIpc) is 2.86. The summed E-state index contributed by atoms with van der Waals surface area (Å²) in [6.45, 7) is 3.86. The van der Waals surface area contributed by atoms with Crippen molar-refractivity contribution >= 4 is 13.8 Å². The Morgan fingerprint density at radius 2 is 1.38 bits per heavy atom. The van der Waals surface area contributed by atoms with Crippen LogP contribution in [0.2, 0.25) is 0 Å². The van der Waals surface area contributed by atoms with E-state index in [9.17, 15) is 14.3 Å². The highest BCUT2D eigenvalue weighted by Crippen LogP contribution is 2.43. The third-order valence-electron chi connectivity index (χ3n) is 5.67. The maximum absolute atomic E-state index is 11.7. The number of phosphoric ester groups is 1. The summed E-state index contributed by atoms with van der Waals surface area (Å²) < 4.78 is 31.9. The van der Waals surface area contributed by atoms with Gasteiger partial charge in [-0.25, -0.2) is 4.57 Å². The highest BCUT2D eigenvalue weighted by atomic mass is 31.2. The minimum Gasteiger partial charge on any atom is -0.458 e. The maximum Gasteiger partial charge on any atom is 0.472 e. The van der Waals surface area contributed by atoms with E-state index in [1.165, 1.54) is 84.0 Å². The first kappa shape index (κ1) is 36.0. The summed E-state index contributed by atoms with van der Waals surface area (Å²) in [6, 6.07) is 0. The molecule has 9 heteroatoms. The second-order valence-electron chi connectivity index (χ2n) is 9.34. The highest BCUT2D eigenvalue weighted by molar-refractivity contribution is 7.47. The first-order valence-electron chi connectivity index (χ1n) is 14.3. The van der Waals surface area contributed by atoms with Gasteiger partial charge in [-0.1, -0.05) is 89.0 Å². The zero-order valence-electron chi connectivity index (χ0n) is 23.5. The van der Waals surface area contributed by atoms with Crippen molar-refractivity contribution < 1.29 is 32.8 Å². The number of rotatable bonds is 27. The molecule has 0 heterocycles. The second kappa shape index (κ2) is 26.6. The van der Waals surface area contributed by atoms with Crippen molar-refractivity contribution in [3.63, 3.8) is 0 Å². The number of unbranched alkanes of at least 4 members (excludes halogenated alkanes) is 12. The molecule has 0 fully saturated rings. The Morgan fingerprint density at radius 3 is 1.95 bits per heavy atom. The highest BCUT2D eigenvalue weighted by Gasteiger charge is 2.24. The Hall–Kier alpha value is -1.02. The largest absolute Gasteiger partial charge is 0.472 e. The molecule has 0 bridgehead atoms. The van der Waals surface area contributed by atoms with Crippen molar-refractivity contribution in [3.8, 4) is 0 Å². The van der Waals surface area contributed by atoms with Crippen LogP contribution in [0.5, 0.6) is 0 Å². The van der Waals surface area contributed by atoms with Gasteiger partial charge in [-0.05, 0) is 38.5 Å².